The van der Waals surface area contributed by atoms with Crippen LogP contribution >= 0.6 is 0 Å². The summed E-state index contributed by atoms with van der Waals surface area (Å²) in [4.78, 5) is 26.3. The Morgan fingerprint density at radius 3 is 2.34 bits per heavy atom. The van der Waals surface area contributed by atoms with Crippen molar-refractivity contribution in [1.29, 1.82) is 0 Å². The monoisotopic (exact) mass is 445 g/mol. The van der Waals surface area contributed by atoms with Gasteiger partial charge in [-0.2, -0.15) is 9.78 Å². The second kappa shape index (κ2) is 8.94. The Morgan fingerprint density at radius 2 is 1.75 bits per heavy atom. The molecule has 170 valence electrons. The van der Waals surface area contributed by atoms with Gasteiger partial charge in [0.2, 0.25) is 5.75 Å². The second-order valence-corrected chi connectivity index (χ2v) is 8.57. The number of rotatable bonds is 4. The number of benzene rings is 2. The van der Waals surface area contributed by atoms with Gasteiger partial charge < -0.3 is 14.4 Å². The topological polar surface area (TPSA) is 73.7 Å². The van der Waals surface area contributed by atoms with Gasteiger partial charge in [-0.1, -0.05) is 18.2 Å². The van der Waals surface area contributed by atoms with Crippen LogP contribution in [0.3, 0.4) is 0 Å². The van der Waals surface area contributed by atoms with E-state index >= 15 is 0 Å². The molecule has 0 aliphatic carbocycles. The van der Waals surface area contributed by atoms with Crippen molar-refractivity contribution >= 4 is 23.1 Å². The molecule has 0 spiro atoms. The van der Waals surface area contributed by atoms with Gasteiger partial charge in [-0.25, -0.2) is 18.4 Å². The third-order valence-corrected chi connectivity index (χ3v) is 4.50. The number of carbonyl (C=O) groups excluding carboxylic acids is 2. The van der Waals surface area contributed by atoms with Gasteiger partial charge in [-0.05, 0) is 58.4 Å². The zero-order valence-corrected chi connectivity index (χ0v) is 18.6. The number of hydrogen-bond acceptors (Lipinski definition) is 5. The maximum Gasteiger partial charge on any atom is 0.440 e. The molecule has 0 radical (unpaired) electrons. The van der Waals surface area contributed by atoms with E-state index in [0.717, 1.165) is 16.8 Å². The van der Waals surface area contributed by atoms with Crippen LogP contribution in [0.4, 0.5) is 18.4 Å². The van der Waals surface area contributed by atoms with Gasteiger partial charge >= 0.3 is 12.2 Å². The molecule has 0 bridgehead atoms. The molecular weight excluding hydrogens is 420 g/mol. The third kappa shape index (κ3) is 5.22. The fourth-order valence-electron chi connectivity index (χ4n) is 3.02. The molecule has 7 nitrogen and oxygen atoms in total. The van der Waals surface area contributed by atoms with Gasteiger partial charge in [0.25, 0.3) is 0 Å². The molecule has 0 saturated carbocycles. The molecule has 0 unspecified atom stereocenters. The Labute approximate surface area is 184 Å². The molecule has 3 rings (SSSR count). The molecule has 0 N–H and O–H groups in total. The fourth-order valence-corrected chi connectivity index (χ4v) is 3.02. The summed E-state index contributed by atoms with van der Waals surface area (Å²) in [6.45, 7) is 8.64. The van der Waals surface area contributed by atoms with Crippen LogP contribution in [0.1, 0.15) is 40.2 Å². The molecule has 0 fully saturated rings. The Balaban J connectivity index is 1.81. The van der Waals surface area contributed by atoms with E-state index < -0.39 is 35.2 Å². The summed E-state index contributed by atoms with van der Waals surface area (Å²) >= 11 is 0. The predicted molar refractivity (Wildman–Crippen MR) is 114 cm³/mol. The van der Waals surface area contributed by atoms with Crippen LogP contribution in [-0.2, 0) is 11.3 Å². The van der Waals surface area contributed by atoms with Crippen molar-refractivity contribution in [3.63, 3.8) is 0 Å². The van der Waals surface area contributed by atoms with E-state index in [9.17, 15) is 18.4 Å². The Bertz CT molecular complexity index is 1130. The van der Waals surface area contributed by atoms with Crippen LogP contribution in [0.15, 0.2) is 42.6 Å². The number of ether oxygens (including phenoxy) is 2. The first-order valence-corrected chi connectivity index (χ1v) is 10.1. The highest BCUT2D eigenvalue weighted by atomic mass is 19.1. The average Bonchev–Trinajstić information content (AvgIpc) is 3.11. The molecule has 1 amide bonds. The van der Waals surface area contributed by atoms with Gasteiger partial charge in [-0.3, -0.25) is 0 Å². The largest absolute Gasteiger partial charge is 0.444 e. The lowest BCUT2D eigenvalue weighted by molar-refractivity contribution is 0.0171. The summed E-state index contributed by atoms with van der Waals surface area (Å²) in [5, 5.41) is 4.59. The lowest BCUT2D eigenvalue weighted by Crippen LogP contribution is -2.40. The lowest BCUT2D eigenvalue weighted by atomic mass is 10.1. The van der Waals surface area contributed by atoms with Crippen molar-refractivity contribution in [3.05, 3.63) is 59.8 Å². The normalized spacial score (nSPS) is 11.6. The number of para-hydroxylation sites is 1. The highest BCUT2D eigenvalue weighted by molar-refractivity contribution is 5.88. The van der Waals surface area contributed by atoms with Crippen LogP contribution < -0.4 is 4.74 Å². The van der Waals surface area contributed by atoms with Gasteiger partial charge in [0.05, 0.1) is 11.7 Å². The van der Waals surface area contributed by atoms with Crippen molar-refractivity contribution in [2.24, 2.45) is 0 Å². The van der Waals surface area contributed by atoms with Crippen LogP contribution in [0, 0.1) is 11.6 Å². The summed E-state index contributed by atoms with van der Waals surface area (Å²) in [7, 11) is 0. The third-order valence-electron chi connectivity index (χ3n) is 4.50. The summed E-state index contributed by atoms with van der Waals surface area (Å²) in [5.41, 5.74) is -0.0844. The van der Waals surface area contributed by atoms with Gasteiger partial charge in [0.1, 0.15) is 5.60 Å². The van der Waals surface area contributed by atoms with E-state index in [0.29, 0.717) is 10.9 Å². The van der Waals surface area contributed by atoms with Gasteiger partial charge in [0, 0.05) is 18.0 Å². The smallest absolute Gasteiger partial charge is 0.440 e. The number of halogens is 2. The molecule has 3 aromatic rings. The van der Waals surface area contributed by atoms with E-state index in [1.165, 1.54) is 11.1 Å². The van der Waals surface area contributed by atoms with Crippen LogP contribution in [0.25, 0.3) is 10.9 Å². The summed E-state index contributed by atoms with van der Waals surface area (Å²) < 4.78 is 40.6. The molecule has 0 saturated heterocycles. The van der Waals surface area contributed by atoms with E-state index in [-0.39, 0.29) is 18.2 Å². The molecule has 32 heavy (non-hydrogen) atoms. The van der Waals surface area contributed by atoms with E-state index in [1.54, 1.807) is 58.9 Å². The number of aromatic nitrogens is 2. The average molecular weight is 445 g/mol. The molecule has 0 atom stereocenters. The molecule has 2 aromatic carbocycles. The molecule has 9 heteroatoms. The minimum Gasteiger partial charge on any atom is -0.444 e. The SMILES string of the molecule is CC(C)N(Cc1cc(F)c(OC(=O)n2ncc3ccccc32)c(F)c1)C(=O)OC(C)(C)C. The van der Waals surface area contributed by atoms with Crippen molar-refractivity contribution in [3.8, 4) is 5.75 Å². The van der Waals surface area contributed by atoms with Crippen molar-refractivity contribution in [2.75, 3.05) is 0 Å². The first kappa shape index (κ1) is 23.2. The minimum absolute atomic E-state index is 0.0849. The van der Waals surface area contributed by atoms with Crippen molar-refractivity contribution in [2.45, 2.75) is 52.8 Å². The van der Waals surface area contributed by atoms with Crippen LogP contribution in [0.5, 0.6) is 5.75 Å². The number of fused-ring (bicyclic) bond motifs is 1. The number of carbonyl (C=O) groups is 2. The fraction of sp³-hybridized carbons (Fsp3) is 0.348. The molecule has 0 aliphatic heterocycles. The number of nitrogens with zero attached hydrogens (tertiary/aromatic N) is 3. The zero-order valence-electron chi connectivity index (χ0n) is 18.6. The van der Waals surface area contributed by atoms with E-state index in [4.69, 9.17) is 9.47 Å². The van der Waals surface area contributed by atoms with Crippen molar-refractivity contribution in [1.82, 2.24) is 14.7 Å². The van der Waals surface area contributed by atoms with Crippen molar-refractivity contribution < 1.29 is 27.8 Å². The summed E-state index contributed by atoms with van der Waals surface area (Å²) in [6.07, 6.45) is -0.201. The second-order valence-electron chi connectivity index (χ2n) is 8.57. The standard InChI is InChI=1S/C23H25F2N3O4/c1-14(2)27(21(29)32-23(3,4)5)13-15-10-17(24)20(18(25)11-15)31-22(30)28-19-9-7-6-8-16(19)12-26-28/h6-12,14H,13H2,1-5H3. The highest BCUT2D eigenvalue weighted by Gasteiger charge is 2.26. The number of amides is 1. The lowest BCUT2D eigenvalue weighted by Gasteiger charge is -2.30. The summed E-state index contributed by atoms with van der Waals surface area (Å²) in [6, 6.07) is 8.62. The predicted octanol–water partition coefficient (Wildman–Crippen LogP) is 5.51. The molecule has 1 heterocycles. The summed E-state index contributed by atoms with van der Waals surface area (Å²) in [5.74, 6) is -2.98. The van der Waals surface area contributed by atoms with Gasteiger partial charge in [0.15, 0.2) is 11.6 Å². The Hall–Kier alpha value is -3.49. The Morgan fingerprint density at radius 1 is 1.12 bits per heavy atom. The van der Waals surface area contributed by atoms with E-state index in [2.05, 4.69) is 5.10 Å². The van der Waals surface area contributed by atoms with Crippen LogP contribution in [-0.4, -0.2) is 38.5 Å². The van der Waals surface area contributed by atoms with E-state index in [1.807, 2.05) is 0 Å². The Kier molecular flexibility index (Phi) is 6.47. The quantitative estimate of drug-likeness (QED) is 0.530. The maximum atomic E-state index is 14.7. The number of hydrogen-bond donors (Lipinski definition) is 0. The first-order chi connectivity index (χ1) is 15.0. The molecule has 0 aliphatic rings. The molecule has 1 aromatic heterocycles. The minimum atomic E-state index is -1.07. The van der Waals surface area contributed by atoms with Crippen LogP contribution in [0.2, 0.25) is 0 Å². The zero-order chi connectivity index (χ0) is 23.6. The maximum absolute atomic E-state index is 14.7. The first-order valence-electron chi connectivity index (χ1n) is 10.1. The molecular formula is C23H25F2N3O4. The van der Waals surface area contributed by atoms with Gasteiger partial charge in [-0.15, -0.1) is 0 Å². The highest BCUT2D eigenvalue weighted by Crippen LogP contribution is 2.26.